The summed E-state index contributed by atoms with van der Waals surface area (Å²) in [6, 6.07) is 17.8. The predicted octanol–water partition coefficient (Wildman–Crippen LogP) is 6.18. The predicted molar refractivity (Wildman–Crippen MR) is 153 cm³/mol. The van der Waals surface area contributed by atoms with E-state index in [-0.39, 0.29) is 0 Å². The second-order valence-electron chi connectivity index (χ2n) is 10.0. The van der Waals surface area contributed by atoms with E-state index in [0.717, 1.165) is 71.7 Å². The standard InChI is InChI=1S/C31H34N6/c1-22(2)37-16-14-36(15-17-37)21-25-6-4-24(5-7-25)8-9-26-19-33-20-27(18-32)31(26)35-29-10-11-30-28(23(29)3)12-13-34-30/h4-13,19-20,22,34H,14-17,21H2,1-3H3,(H,33,35). The normalized spacial score (nSPS) is 15.0. The Labute approximate surface area is 219 Å². The van der Waals surface area contributed by atoms with Gasteiger partial charge in [-0.15, -0.1) is 0 Å². The summed E-state index contributed by atoms with van der Waals surface area (Å²) >= 11 is 0. The molecule has 1 aliphatic rings. The Morgan fingerprint density at radius 1 is 1.03 bits per heavy atom. The van der Waals surface area contributed by atoms with Gasteiger partial charge in [-0.05, 0) is 55.7 Å². The van der Waals surface area contributed by atoms with E-state index in [1.807, 2.05) is 18.3 Å². The molecule has 188 valence electrons. The third-order valence-corrected chi connectivity index (χ3v) is 7.34. The van der Waals surface area contributed by atoms with Crippen molar-refractivity contribution in [3.05, 3.63) is 88.9 Å². The summed E-state index contributed by atoms with van der Waals surface area (Å²) in [6.45, 7) is 12.2. The first kappa shape index (κ1) is 24.8. The molecule has 2 aromatic heterocycles. The van der Waals surface area contributed by atoms with E-state index in [1.165, 1.54) is 5.56 Å². The van der Waals surface area contributed by atoms with Crippen molar-refractivity contribution in [3.8, 4) is 6.07 Å². The van der Waals surface area contributed by atoms with Crippen molar-refractivity contribution in [2.75, 3.05) is 31.5 Å². The minimum Gasteiger partial charge on any atom is -0.361 e. The Kier molecular flexibility index (Phi) is 7.36. The van der Waals surface area contributed by atoms with Crippen molar-refractivity contribution >= 4 is 34.4 Å². The number of piperazine rings is 1. The number of nitriles is 1. The van der Waals surface area contributed by atoms with Crippen LogP contribution in [0.25, 0.3) is 23.1 Å². The van der Waals surface area contributed by atoms with Crippen LogP contribution >= 0.6 is 0 Å². The molecule has 5 rings (SSSR count). The van der Waals surface area contributed by atoms with E-state index >= 15 is 0 Å². The molecule has 0 aliphatic carbocycles. The molecule has 1 saturated heterocycles. The minimum atomic E-state index is 0.517. The van der Waals surface area contributed by atoms with Gasteiger partial charge < -0.3 is 10.3 Å². The Balaban J connectivity index is 1.30. The van der Waals surface area contributed by atoms with Crippen molar-refractivity contribution in [2.45, 2.75) is 33.4 Å². The van der Waals surface area contributed by atoms with E-state index in [1.54, 1.807) is 12.4 Å². The van der Waals surface area contributed by atoms with Crippen molar-refractivity contribution in [1.82, 2.24) is 19.8 Å². The lowest BCUT2D eigenvalue weighted by atomic mass is 10.1. The van der Waals surface area contributed by atoms with Crippen LogP contribution in [0.15, 0.2) is 61.1 Å². The average molecular weight is 491 g/mol. The number of H-pyrrole nitrogens is 1. The summed E-state index contributed by atoms with van der Waals surface area (Å²) in [5.41, 5.74) is 7.82. The molecule has 4 aromatic rings. The molecule has 6 heteroatoms. The molecule has 1 fully saturated rings. The quantitative estimate of drug-likeness (QED) is 0.324. The van der Waals surface area contributed by atoms with Crippen LogP contribution in [0, 0.1) is 18.3 Å². The summed E-state index contributed by atoms with van der Waals surface area (Å²) in [4.78, 5) is 12.6. The number of rotatable bonds is 7. The lowest BCUT2D eigenvalue weighted by molar-refractivity contribution is 0.104. The van der Waals surface area contributed by atoms with Gasteiger partial charge in [-0.1, -0.05) is 36.4 Å². The van der Waals surface area contributed by atoms with Gasteiger partial charge in [0.15, 0.2) is 0 Å². The Morgan fingerprint density at radius 3 is 2.54 bits per heavy atom. The summed E-state index contributed by atoms with van der Waals surface area (Å²) in [5, 5.41) is 14.4. The van der Waals surface area contributed by atoms with Gasteiger partial charge in [-0.3, -0.25) is 14.8 Å². The number of hydrogen-bond donors (Lipinski definition) is 2. The summed E-state index contributed by atoms with van der Waals surface area (Å²) in [6.07, 6.45) is 9.46. The van der Waals surface area contributed by atoms with E-state index in [2.05, 4.69) is 94.4 Å². The molecule has 0 atom stereocenters. The molecule has 0 saturated carbocycles. The number of pyridine rings is 1. The van der Waals surface area contributed by atoms with Crippen LogP contribution in [0.4, 0.5) is 11.4 Å². The van der Waals surface area contributed by atoms with E-state index in [4.69, 9.17) is 0 Å². The van der Waals surface area contributed by atoms with E-state index < -0.39 is 0 Å². The first-order valence-corrected chi connectivity index (χ1v) is 13.0. The van der Waals surface area contributed by atoms with Gasteiger partial charge in [-0.25, -0.2) is 0 Å². The molecule has 3 heterocycles. The largest absolute Gasteiger partial charge is 0.361 e. The van der Waals surface area contributed by atoms with Crippen LogP contribution in [0.1, 0.15) is 41.7 Å². The fraction of sp³-hybridized carbons (Fsp3) is 0.290. The number of aromatic nitrogens is 2. The molecule has 6 nitrogen and oxygen atoms in total. The van der Waals surface area contributed by atoms with Crippen molar-refractivity contribution < 1.29 is 0 Å². The molecule has 2 aromatic carbocycles. The fourth-order valence-corrected chi connectivity index (χ4v) is 5.00. The average Bonchev–Trinajstić information content (AvgIpc) is 3.40. The maximum atomic E-state index is 9.76. The zero-order valence-corrected chi connectivity index (χ0v) is 21.8. The molecule has 1 aliphatic heterocycles. The summed E-state index contributed by atoms with van der Waals surface area (Å²) < 4.78 is 0. The summed E-state index contributed by atoms with van der Waals surface area (Å²) in [7, 11) is 0. The van der Waals surface area contributed by atoms with Crippen molar-refractivity contribution in [3.63, 3.8) is 0 Å². The Morgan fingerprint density at radius 2 is 1.81 bits per heavy atom. The third-order valence-electron chi connectivity index (χ3n) is 7.34. The highest BCUT2D eigenvalue weighted by atomic mass is 15.3. The molecule has 37 heavy (non-hydrogen) atoms. The molecule has 0 radical (unpaired) electrons. The first-order chi connectivity index (χ1) is 18.0. The van der Waals surface area contributed by atoms with Crippen molar-refractivity contribution in [2.24, 2.45) is 0 Å². The number of benzene rings is 2. The molecule has 0 spiro atoms. The maximum absolute atomic E-state index is 9.76. The van der Waals surface area contributed by atoms with Gasteiger partial charge in [0.1, 0.15) is 6.07 Å². The van der Waals surface area contributed by atoms with E-state index in [0.29, 0.717) is 11.6 Å². The van der Waals surface area contributed by atoms with Gasteiger partial charge in [0.25, 0.3) is 0 Å². The molecule has 2 N–H and O–H groups in total. The lowest BCUT2D eigenvalue weighted by Crippen LogP contribution is -2.48. The second-order valence-corrected chi connectivity index (χ2v) is 10.0. The zero-order chi connectivity index (χ0) is 25.8. The van der Waals surface area contributed by atoms with Crippen LogP contribution in [-0.4, -0.2) is 52.0 Å². The highest BCUT2D eigenvalue weighted by Gasteiger charge is 2.18. The molecule has 0 amide bonds. The second kappa shape index (κ2) is 11.0. The summed E-state index contributed by atoms with van der Waals surface area (Å²) in [5.74, 6) is 0. The van der Waals surface area contributed by atoms with Crippen LogP contribution in [-0.2, 0) is 6.54 Å². The van der Waals surface area contributed by atoms with Gasteiger partial charge in [0.2, 0.25) is 0 Å². The number of anilines is 2. The van der Waals surface area contributed by atoms with E-state index in [9.17, 15) is 5.26 Å². The van der Waals surface area contributed by atoms with Crippen LogP contribution in [0.3, 0.4) is 0 Å². The van der Waals surface area contributed by atoms with Gasteiger partial charge in [0, 0.05) is 79.5 Å². The van der Waals surface area contributed by atoms with Crippen LogP contribution in [0.5, 0.6) is 0 Å². The highest BCUT2D eigenvalue weighted by molar-refractivity contribution is 5.90. The number of aromatic amines is 1. The zero-order valence-electron chi connectivity index (χ0n) is 21.8. The Bertz CT molecular complexity index is 1430. The monoisotopic (exact) mass is 490 g/mol. The van der Waals surface area contributed by atoms with Crippen molar-refractivity contribution in [1.29, 1.82) is 5.26 Å². The first-order valence-electron chi connectivity index (χ1n) is 13.0. The van der Waals surface area contributed by atoms with Crippen LogP contribution < -0.4 is 5.32 Å². The molecule has 0 unspecified atom stereocenters. The number of aryl methyl sites for hydroxylation is 1. The Hall–Kier alpha value is -3.92. The number of nitrogens with zero attached hydrogens (tertiary/aromatic N) is 4. The maximum Gasteiger partial charge on any atom is 0.103 e. The number of hydrogen-bond acceptors (Lipinski definition) is 5. The molecular formula is C31H34N6. The smallest absolute Gasteiger partial charge is 0.103 e. The van der Waals surface area contributed by atoms with Gasteiger partial charge >= 0.3 is 0 Å². The fourth-order valence-electron chi connectivity index (χ4n) is 5.00. The number of fused-ring (bicyclic) bond motifs is 1. The highest BCUT2D eigenvalue weighted by Crippen LogP contribution is 2.31. The minimum absolute atomic E-state index is 0.517. The SMILES string of the molecule is Cc1c(Nc2c(C#N)cncc2C=Cc2ccc(CN3CCN(C(C)C)CC3)cc2)ccc2[nH]ccc12. The topological polar surface area (TPSA) is 71.0 Å². The molecular weight excluding hydrogens is 456 g/mol. The van der Waals surface area contributed by atoms with Gasteiger partial charge in [-0.2, -0.15) is 5.26 Å². The lowest BCUT2D eigenvalue weighted by Gasteiger charge is -2.36. The van der Waals surface area contributed by atoms with Crippen LogP contribution in [0.2, 0.25) is 0 Å². The third kappa shape index (κ3) is 5.59. The van der Waals surface area contributed by atoms with Gasteiger partial charge in [0.05, 0.1) is 11.3 Å². The number of nitrogens with one attached hydrogen (secondary N) is 2. The molecule has 0 bridgehead atoms.